The van der Waals surface area contributed by atoms with Crippen molar-refractivity contribution in [2.24, 2.45) is 5.92 Å². The van der Waals surface area contributed by atoms with Crippen LogP contribution in [0, 0.1) is 5.92 Å². The maximum atomic E-state index is 6.07. The van der Waals surface area contributed by atoms with Crippen molar-refractivity contribution >= 4 is 11.4 Å². The van der Waals surface area contributed by atoms with E-state index in [1.54, 1.807) is 6.07 Å². The Hall–Kier alpha value is -2.15. The van der Waals surface area contributed by atoms with Crippen LogP contribution in [0.15, 0.2) is 18.2 Å². The van der Waals surface area contributed by atoms with Crippen LogP contribution in [-0.2, 0) is 4.74 Å². The van der Waals surface area contributed by atoms with Crippen molar-refractivity contribution in [1.29, 1.82) is 0 Å². The number of nitrogens with two attached hydrogens (primary N) is 2. The van der Waals surface area contributed by atoms with E-state index in [0.29, 0.717) is 23.1 Å². The van der Waals surface area contributed by atoms with Crippen molar-refractivity contribution in [3.8, 4) is 11.4 Å². The fraction of sp³-hybridized carbons (Fsp3) is 0.500. The molecule has 2 heterocycles. The van der Waals surface area contributed by atoms with Crippen molar-refractivity contribution in [2.75, 3.05) is 18.1 Å². The molecule has 21 heavy (non-hydrogen) atoms. The van der Waals surface area contributed by atoms with Gasteiger partial charge >= 0.3 is 0 Å². The summed E-state index contributed by atoms with van der Waals surface area (Å²) in [7, 11) is 0. The summed E-state index contributed by atoms with van der Waals surface area (Å²) in [6, 6.07) is 5.61. The molecule has 1 aliphatic heterocycles. The minimum atomic E-state index is 0.194. The average molecular weight is 286 g/mol. The van der Waals surface area contributed by atoms with E-state index in [0.717, 1.165) is 18.6 Å². The summed E-state index contributed by atoms with van der Waals surface area (Å²) in [6.45, 7) is 0.766. The Morgan fingerprint density at radius 3 is 2.81 bits per heavy atom. The second kappa shape index (κ2) is 4.70. The largest absolute Gasteiger partial charge is 0.399 e. The Morgan fingerprint density at radius 1 is 1.19 bits per heavy atom. The van der Waals surface area contributed by atoms with Gasteiger partial charge in [-0.1, -0.05) is 0 Å². The van der Waals surface area contributed by atoms with E-state index in [-0.39, 0.29) is 12.1 Å². The van der Waals surface area contributed by atoms with Gasteiger partial charge in [-0.15, -0.1) is 5.10 Å². The predicted octanol–water partition coefficient (Wildman–Crippen LogP) is 1.24. The van der Waals surface area contributed by atoms with Gasteiger partial charge in [0.1, 0.15) is 0 Å². The van der Waals surface area contributed by atoms with Gasteiger partial charge in [0.15, 0.2) is 5.82 Å². The van der Waals surface area contributed by atoms with Crippen LogP contribution in [0.2, 0.25) is 0 Å². The molecule has 1 aromatic heterocycles. The zero-order valence-electron chi connectivity index (χ0n) is 11.6. The maximum absolute atomic E-state index is 6.07. The summed E-state index contributed by atoms with van der Waals surface area (Å²) in [5.74, 6) is 1.34. The number of rotatable bonds is 3. The number of tetrazole rings is 1. The minimum Gasteiger partial charge on any atom is -0.399 e. The SMILES string of the molecule is Nc1ccc(-c2nnnn2C2CCOC2C2CC2)c(N)c1. The fourth-order valence-corrected chi connectivity index (χ4v) is 3.12. The number of nitrogen functional groups attached to an aromatic ring is 2. The Bertz CT molecular complexity index is 665. The zero-order valence-corrected chi connectivity index (χ0v) is 11.6. The van der Waals surface area contributed by atoms with E-state index < -0.39 is 0 Å². The van der Waals surface area contributed by atoms with Gasteiger partial charge in [-0.3, -0.25) is 0 Å². The number of aromatic nitrogens is 4. The lowest BCUT2D eigenvalue weighted by Gasteiger charge is -2.19. The van der Waals surface area contributed by atoms with Gasteiger partial charge in [0.25, 0.3) is 0 Å². The van der Waals surface area contributed by atoms with Crippen molar-refractivity contribution in [1.82, 2.24) is 20.2 Å². The number of nitrogens with zero attached hydrogens (tertiary/aromatic N) is 4. The normalized spacial score (nSPS) is 25.3. The molecule has 2 aromatic rings. The lowest BCUT2D eigenvalue weighted by Crippen LogP contribution is -2.24. The zero-order chi connectivity index (χ0) is 14.4. The number of anilines is 2. The lowest BCUT2D eigenvalue weighted by molar-refractivity contribution is 0.0725. The van der Waals surface area contributed by atoms with E-state index in [1.165, 1.54) is 12.8 Å². The van der Waals surface area contributed by atoms with Gasteiger partial charge in [-0.25, -0.2) is 4.68 Å². The smallest absolute Gasteiger partial charge is 0.184 e. The van der Waals surface area contributed by atoms with Crippen LogP contribution in [0.25, 0.3) is 11.4 Å². The highest BCUT2D eigenvalue weighted by molar-refractivity contribution is 5.74. The molecule has 7 heteroatoms. The highest BCUT2D eigenvalue weighted by Gasteiger charge is 2.43. The van der Waals surface area contributed by atoms with Crippen LogP contribution in [0.3, 0.4) is 0 Å². The molecule has 1 aliphatic carbocycles. The summed E-state index contributed by atoms with van der Waals surface area (Å²) < 4.78 is 7.76. The van der Waals surface area contributed by atoms with E-state index in [2.05, 4.69) is 15.5 Å². The summed E-state index contributed by atoms with van der Waals surface area (Å²) >= 11 is 0. The molecule has 2 unspecified atom stereocenters. The van der Waals surface area contributed by atoms with E-state index in [9.17, 15) is 0 Å². The molecule has 2 fully saturated rings. The van der Waals surface area contributed by atoms with Gasteiger partial charge in [0, 0.05) is 23.5 Å². The molecular formula is C14H18N6O. The molecule has 1 saturated carbocycles. The first-order valence-corrected chi connectivity index (χ1v) is 7.29. The second-order valence-electron chi connectivity index (χ2n) is 5.82. The van der Waals surface area contributed by atoms with E-state index >= 15 is 0 Å². The monoisotopic (exact) mass is 286 g/mol. The maximum Gasteiger partial charge on any atom is 0.184 e. The molecule has 110 valence electrons. The minimum absolute atomic E-state index is 0.194. The Labute approximate surface area is 122 Å². The number of benzene rings is 1. The first-order valence-electron chi connectivity index (χ1n) is 7.29. The molecule has 0 radical (unpaired) electrons. The van der Waals surface area contributed by atoms with Gasteiger partial charge in [-0.05, 0) is 53.8 Å². The van der Waals surface area contributed by atoms with Gasteiger partial charge in [0.05, 0.1) is 12.1 Å². The summed E-state index contributed by atoms with van der Waals surface area (Å²) in [5, 5.41) is 12.2. The standard InChI is InChI=1S/C14H18N6O/c15-9-3-4-10(11(16)7-9)14-17-18-19-20(14)12-5-6-21-13(12)8-1-2-8/h3-4,7-8,12-13H,1-2,5-6,15-16H2. The fourth-order valence-electron chi connectivity index (χ4n) is 3.12. The molecule has 4 rings (SSSR count). The molecular weight excluding hydrogens is 268 g/mol. The Balaban J connectivity index is 1.73. The number of hydrogen-bond acceptors (Lipinski definition) is 6. The number of hydrogen-bond donors (Lipinski definition) is 2. The van der Waals surface area contributed by atoms with Crippen molar-refractivity contribution in [3.05, 3.63) is 18.2 Å². The average Bonchev–Trinajstić information content (AvgIpc) is 3.00. The van der Waals surface area contributed by atoms with Crippen LogP contribution < -0.4 is 11.5 Å². The van der Waals surface area contributed by atoms with Gasteiger partial charge in [0.2, 0.25) is 0 Å². The Kier molecular flexibility index (Phi) is 2.81. The van der Waals surface area contributed by atoms with Crippen LogP contribution >= 0.6 is 0 Å². The molecule has 1 aromatic carbocycles. The molecule has 2 aliphatic rings. The molecule has 4 N–H and O–H groups in total. The van der Waals surface area contributed by atoms with Crippen LogP contribution in [0.4, 0.5) is 11.4 Å². The van der Waals surface area contributed by atoms with Crippen molar-refractivity contribution < 1.29 is 4.74 Å². The first kappa shape index (κ1) is 12.6. The molecule has 0 bridgehead atoms. The molecule has 2 atom stereocenters. The third kappa shape index (κ3) is 2.13. The Morgan fingerprint density at radius 2 is 2.05 bits per heavy atom. The van der Waals surface area contributed by atoms with E-state index in [4.69, 9.17) is 16.2 Å². The van der Waals surface area contributed by atoms with E-state index in [1.807, 2.05) is 16.8 Å². The van der Waals surface area contributed by atoms with Crippen molar-refractivity contribution in [3.63, 3.8) is 0 Å². The number of ether oxygens (including phenoxy) is 1. The molecule has 0 spiro atoms. The summed E-state index contributed by atoms with van der Waals surface area (Å²) in [5.41, 5.74) is 13.9. The van der Waals surface area contributed by atoms with Crippen molar-refractivity contribution in [2.45, 2.75) is 31.4 Å². The van der Waals surface area contributed by atoms with Crippen LogP contribution in [0.5, 0.6) is 0 Å². The molecule has 1 saturated heterocycles. The highest BCUT2D eigenvalue weighted by Crippen LogP contribution is 2.44. The topological polar surface area (TPSA) is 105 Å². The lowest BCUT2D eigenvalue weighted by atomic mass is 10.1. The van der Waals surface area contributed by atoms with Crippen LogP contribution in [0.1, 0.15) is 25.3 Å². The molecule has 0 amide bonds. The van der Waals surface area contributed by atoms with Gasteiger partial charge < -0.3 is 16.2 Å². The third-order valence-electron chi connectivity index (χ3n) is 4.31. The third-order valence-corrected chi connectivity index (χ3v) is 4.31. The quantitative estimate of drug-likeness (QED) is 0.823. The summed E-state index contributed by atoms with van der Waals surface area (Å²) in [6.07, 6.45) is 3.64. The molecule has 7 nitrogen and oxygen atoms in total. The van der Waals surface area contributed by atoms with Crippen LogP contribution in [-0.4, -0.2) is 32.9 Å². The first-order chi connectivity index (χ1) is 10.2. The highest BCUT2D eigenvalue weighted by atomic mass is 16.5. The predicted molar refractivity (Wildman–Crippen MR) is 78.2 cm³/mol. The van der Waals surface area contributed by atoms with Gasteiger partial charge in [-0.2, -0.15) is 0 Å². The summed E-state index contributed by atoms with van der Waals surface area (Å²) in [4.78, 5) is 0. The second-order valence-corrected chi connectivity index (χ2v) is 5.82.